The maximum atomic E-state index is 11.8. The number of carboxylic acid groups (broad SMARTS) is 1. The van der Waals surface area contributed by atoms with E-state index in [1.165, 1.54) is 0 Å². The SMILES string of the molecule is CCCOc1cc(C)c(C(=O)O)c(OCc2ccc(OCCc3nc(-c4ccccc4)oc3C)cc2)c1. The molecule has 0 saturated heterocycles. The molecule has 0 spiro atoms. The van der Waals surface area contributed by atoms with E-state index >= 15 is 0 Å². The van der Waals surface area contributed by atoms with Gasteiger partial charge in [-0.05, 0) is 61.7 Å². The lowest BCUT2D eigenvalue weighted by Crippen LogP contribution is -2.07. The molecule has 37 heavy (non-hydrogen) atoms. The molecule has 7 nitrogen and oxygen atoms in total. The minimum Gasteiger partial charge on any atom is -0.493 e. The van der Waals surface area contributed by atoms with Crippen LogP contribution in [0, 0.1) is 13.8 Å². The number of aromatic carboxylic acids is 1. The number of aromatic nitrogens is 1. The van der Waals surface area contributed by atoms with E-state index in [1.807, 2.05) is 68.4 Å². The van der Waals surface area contributed by atoms with Crippen molar-refractivity contribution in [3.63, 3.8) is 0 Å². The molecule has 0 fully saturated rings. The Kier molecular flexibility index (Phi) is 8.46. The second-order valence-corrected chi connectivity index (χ2v) is 8.69. The highest BCUT2D eigenvalue weighted by Gasteiger charge is 2.17. The van der Waals surface area contributed by atoms with Gasteiger partial charge in [0.1, 0.15) is 35.2 Å². The number of carbonyl (C=O) groups is 1. The molecule has 0 amide bonds. The highest BCUT2D eigenvalue weighted by molar-refractivity contribution is 5.93. The predicted octanol–water partition coefficient (Wildman–Crippen LogP) is 6.65. The van der Waals surface area contributed by atoms with Gasteiger partial charge in [-0.2, -0.15) is 0 Å². The average Bonchev–Trinajstić information content (AvgIpc) is 3.27. The zero-order valence-electron chi connectivity index (χ0n) is 21.3. The molecule has 4 aromatic rings. The molecule has 1 heterocycles. The Labute approximate surface area is 216 Å². The lowest BCUT2D eigenvalue weighted by Gasteiger charge is -2.14. The van der Waals surface area contributed by atoms with Crippen LogP contribution in [0.3, 0.4) is 0 Å². The molecule has 192 valence electrons. The predicted molar refractivity (Wildman–Crippen MR) is 141 cm³/mol. The third-order valence-corrected chi connectivity index (χ3v) is 5.80. The molecule has 7 heteroatoms. The van der Waals surface area contributed by atoms with Crippen LogP contribution in [0.25, 0.3) is 11.5 Å². The van der Waals surface area contributed by atoms with Crippen molar-refractivity contribution in [2.75, 3.05) is 13.2 Å². The van der Waals surface area contributed by atoms with E-state index in [9.17, 15) is 9.90 Å². The molecule has 0 bridgehead atoms. The second kappa shape index (κ2) is 12.1. The topological polar surface area (TPSA) is 91.0 Å². The number of hydrogen-bond acceptors (Lipinski definition) is 6. The van der Waals surface area contributed by atoms with Crippen molar-refractivity contribution < 1.29 is 28.5 Å². The summed E-state index contributed by atoms with van der Waals surface area (Å²) in [5.41, 5.74) is 3.45. The van der Waals surface area contributed by atoms with Crippen molar-refractivity contribution in [1.82, 2.24) is 4.98 Å². The van der Waals surface area contributed by atoms with Crippen LogP contribution in [0.15, 0.2) is 71.1 Å². The molecule has 1 aromatic heterocycles. The second-order valence-electron chi connectivity index (χ2n) is 8.69. The highest BCUT2D eigenvalue weighted by atomic mass is 16.5. The van der Waals surface area contributed by atoms with Crippen molar-refractivity contribution in [3.8, 4) is 28.7 Å². The number of rotatable bonds is 12. The molecule has 0 saturated carbocycles. The fourth-order valence-electron chi connectivity index (χ4n) is 3.89. The summed E-state index contributed by atoms with van der Waals surface area (Å²) in [7, 11) is 0. The third-order valence-electron chi connectivity index (χ3n) is 5.80. The zero-order valence-corrected chi connectivity index (χ0v) is 21.3. The van der Waals surface area contributed by atoms with Crippen molar-refractivity contribution in [2.45, 2.75) is 40.2 Å². The Bertz CT molecular complexity index is 1330. The van der Waals surface area contributed by atoms with Crippen LogP contribution < -0.4 is 14.2 Å². The lowest BCUT2D eigenvalue weighted by atomic mass is 10.1. The minimum atomic E-state index is -1.03. The van der Waals surface area contributed by atoms with Crippen LogP contribution >= 0.6 is 0 Å². The Hall–Kier alpha value is -4.26. The Morgan fingerprint density at radius 1 is 0.919 bits per heavy atom. The number of oxazole rings is 1. The van der Waals surface area contributed by atoms with E-state index in [0.717, 1.165) is 34.8 Å². The van der Waals surface area contributed by atoms with Crippen LogP contribution in [-0.2, 0) is 13.0 Å². The summed E-state index contributed by atoms with van der Waals surface area (Å²) in [4.78, 5) is 16.4. The number of benzene rings is 3. The van der Waals surface area contributed by atoms with E-state index < -0.39 is 5.97 Å². The van der Waals surface area contributed by atoms with Gasteiger partial charge in [0.15, 0.2) is 0 Å². The van der Waals surface area contributed by atoms with Crippen LogP contribution in [0.4, 0.5) is 0 Å². The van der Waals surface area contributed by atoms with Crippen LogP contribution in [-0.4, -0.2) is 29.3 Å². The summed E-state index contributed by atoms with van der Waals surface area (Å²) in [6, 6.07) is 20.7. The third kappa shape index (κ3) is 6.70. The van der Waals surface area contributed by atoms with E-state index in [-0.39, 0.29) is 17.9 Å². The fourth-order valence-corrected chi connectivity index (χ4v) is 3.89. The van der Waals surface area contributed by atoms with Gasteiger partial charge in [0.05, 0.1) is 18.9 Å². The van der Waals surface area contributed by atoms with Gasteiger partial charge in [-0.1, -0.05) is 37.3 Å². The maximum absolute atomic E-state index is 11.8. The smallest absolute Gasteiger partial charge is 0.339 e. The molecule has 3 aromatic carbocycles. The monoisotopic (exact) mass is 501 g/mol. The van der Waals surface area contributed by atoms with E-state index in [4.69, 9.17) is 18.6 Å². The summed E-state index contributed by atoms with van der Waals surface area (Å²) >= 11 is 0. The molecule has 0 aliphatic heterocycles. The van der Waals surface area contributed by atoms with E-state index in [2.05, 4.69) is 4.98 Å². The largest absolute Gasteiger partial charge is 0.493 e. The van der Waals surface area contributed by atoms with Gasteiger partial charge in [0.25, 0.3) is 0 Å². The van der Waals surface area contributed by atoms with Gasteiger partial charge >= 0.3 is 5.97 Å². The van der Waals surface area contributed by atoms with Gasteiger partial charge in [0.2, 0.25) is 5.89 Å². The number of carboxylic acids is 1. The molecule has 4 rings (SSSR count). The van der Waals surface area contributed by atoms with Gasteiger partial charge < -0.3 is 23.7 Å². The van der Waals surface area contributed by atoms with Gasteiger partial charge in [-0.25, -0.2) is 9.78 Å². The summed E-state index contributed by atoms with van der Waals surface area (Å²) in [5, 5.41) is 9.64. The average molecular weight is 502 g/mol. The van der Waals surface area contributed by atoms with Crippen molar-refractivity contribution in [1.29, 1.82) is 0 Å². The number of hydrogen-bond donors (Lipinski definition) is 1. The van der Waals surface area contributed by atoms with Gasteiger partial charge in [-0.3, -0.25) is 0 Å². The quantitative estimate of drug-likeness (QED) is 0.232. The van der Waals surface area contributed by atoms with Crippen LogP contribution in [0.2, 0.25) is 0 Å². The summed E-state index contributed by atoms with van der Waals surface area (Å²) in [5.74, 6) is 1.98. The lowest BCUT2D eigenvalue weighted by molar-refractivity contribution is 0.0691. The Balaban J connectivity index is 1.33. The fraction of sp³-hybridized carbons (Fsp3) is 0.267. The molecule has 0 aliphatic carbocycles. The number of aryl methyl sites for hydroxylation is 2. The molecular formula is C30H31NO6. The first-order valence-electron chi connectivity index (χ1n) is 12.3. The summed E-state index contributed by atoms with van der Waals surface area (Å²) in [6.07, 6.45) is 1.48. The summed E-state index contributed by atoms with van der Waals surface area (Å²) < 4.78 is 23.3. The molecule has 0 unspecified atom stereocenters. The minimum absolute atomic E-state index is 0.141. The zero-order chi connectivity index (χ0) is 26.2. The molecule has 0 aliphatic rings. The first-order valence-corrected chi connectivity index (χ1v) is 12.3. The molecular weight excluding hydrogens is 470 g/mol. The van der Waals surface area contributed by atoms with Crippen LogP contribution in [0.1, 0.15) is 46.3 Å². The first kappa shape index (κ1) is 25.8. The normalized spacial score (nSPS) is 10.8. The standard InChI is InChI=1S/C30H31NO6/c1-4-15-34-25-17-20(2)28(30(32)33)27(18-25)36-19-22-10-12-24(13-11-22)35-16-14-26-21(3)37-29(31-26)23-8-6-5-7-9-23/h5-13,17-18H,4,14-16,19H2,1-3H3,(H,32,33). The number of nitrogens with zero attached hydrogens (tertiary/aromatic N) is 1. The molecule has 0 radical (unpaired) electrons. The highest BCUT2D eigenvalue weighted by Crippen LogP contribution is 2.30. The van der Waals surface area contributed by atoms with Gasteiger partial charge in [-0.15, -0.1) is 0 Å². The van der Waals surface area contributed by atoms with Crippen molar-refractivity contribution in [2.24, 2.45) is 0 Å². The Morgan fingerprint density at radius 2 is 1.65 bits per heavy atom. The Morgan fingerprint density at radius 3 is 2.35 bits per heavy atom. The van der Waals surface area contributed by atoms with Gasteiger partial charge in [0, 0.05) is 18.1 Å². The maximum Gasteiger partial charge on any atom is 0.339 e. The molecule has 0 atom stereocenters. The van der Waals surface area contributed by atoms with E-state index in [1.54, 1.807) is 19.1 Å². The summed E-state index contributed by atoms with van der Waals surface area (Å²) in [6.45, 7) is 6.90. The van der Waals surface area contributed by atoms with Crippen molar-refractivity contribution >= 4 is 5.97 Å². The van der Waals surface area contributed by atoms with Crippen LogP contribution in [0.5, 0.6) is 17.2 Å². The van der Waals surface area contributed by atoms with E-state index in [0.29, 0.717) is 36.8 Å². The molecule has 1 N–H and O–H groups in total. The van der Waals surface area contributed by atoms with Crippen molar-refractivity contribution in [3.05, 3.63) is 94.9 Å². The number of ether oxygens (including phenoxy) is 3. The first-order chi connectivity index (χ1) is 17.9.